The van der Waals surface area contributed by atoms with Gasteiger partial charge in [0.25, 0.3) is 0 Å². The minimum absolute atomic E-state index is 0.111. The number of hydrogen-bond acceptors (Lipinski definition) is 5. The largest absolute Gasteiger partial charge is 0.586 e. The molecule has 5 nitrogen and oxygen atoms in total. The van der Waals surface area contributed by atoms with Crippen LogP contribution in [-0.4, -0.2) is 22.2 Å². The number of ether oxygens (including phenoxy) is 2. The highest BCUT2D eigenvalue weighted by molar-refractivity contribution is 6.11. The lowest BCUT2D eigenvalue weighted by atomic mass is 10.0. The number of carbonyl (C=O) groups excluding carboxylic acids is 1. The normalized spacial score (nSPS) is 14.8. The molecule has 2 heterocycles. The lowest BCUT2D eigenvalue weighted by Gasteiger charge is -2.05. The van der Waals surface area contributed by atoms with Gasteiger partial charge in [0, 0.05) is 23.2 Å². The van der Waals surface area contributed by atoms with Crippen molar-refractivity contribution >= 4 is 16.7 Å². The third-order valence-corrected chi connectivity index (χ3v) is 3.62. The van der Waals surface area contributed by atoms with Gasteiger partial charge in [-0.1, -0.05) is 12.1 Å². The highest BCUT2D eigenvalue weighted by atomic mass is 19.3. The molecule has 0 radical (unpaired) electrons. The molecule has 0 fully saturated rings. The Morgan fingerprint density at radius 2 is 1.79 bits per heavy atom. The molecule has 1 N–H and O–H groups in total. The predicted molar refractivity (Wildman–Crippen MR) is 79.5 cm³/mol. The lowest BCUT2D eigenvalue weighted by Crippen LogP contribution is -2.25. The van der Waals surface area contributed by atoms with Crippen molar-refractivity contribution in [2.45, 2.75) is 6.29 Å². The van der Waals surface area contributed by atoms with Gasteiger partial charge in [0.1, 0.15) is 5.75 Å². The molecule has 0 aliphatic carbocycles. The van der Waals surface area contributed by atoms with Gasteiger partial charge in [-0.25, -0.2) is 0 Å². The summed E-state index contributed by atoms with van der Waals surface area (Å²) < 4.78 is 35.0. The average Bonchev–Trinajstić information content (AvgIpc) is 2.84. The number of pyridine rings is 1. The van der Waals surface area contributed by atoms with Gasteiger partial charge in [-0.3, -0.25) is 9.78 Å². The van der Waals surface area contributed by atoms with Crippen molar-refractivity contribution in [3.8, 4) is 17.2 Å². The number of hydrogen-bond donors (Lipinski definition) is 1. The second kappa shape index (κ2) is 4.89. The summed E-state index contributed by atoms with van der Waals surface area (Å²) in [4.78, 5) is 16.6. The number of phenols is 1. The third-order valence-electron chi connectivity index (χ3n) is 3.62. The molecule has 1 aliphatic rings. The summed E-state index contributed by atoms with van der Waals surface area (Å²) in [5, 5.41) is 10.2. The smallest absolute Gasteiger partial charge is 0.507 e. The molecule has 0 spiro atoms. The fourth-order valence-electron chi connectivity index (χ4n) is 2.52. The molecule has 1 aromatic heterocycles. The number of ketones is 1. The number of halogens is 2. The molecule has 0 saturated heterocycles. The van der Waals surface area contributed by atoms with Gasteiger partial charge in [0.15, 0.2) is 17.3 Å². The number of nitrogens with zero attached hydrogens (tertiary/aromatic N) is 1. The Hall–Kier alpha value is -3.22. The van der Waals surface area contributed by atoms with E-state index in [2.05, 4.69) is 14.5 Å². The molecule has 7 heteroatoms. The van der Waals surface area contributed by atoms with Crippen molar-refractivity contribution < 1.29 is 28.2 Å². The number of alkyl halides is 2. The fraction of sp³-hybridized carbons (Fsp3) is 0.0588. The Balaban J connectivity index is 1.78. The van der Waals surface area contributed by atoms with Crippen molar-refractivity contribution in [2.75, 3.05) is 0 Å². The number of aromatic hydroxyl groups is 1. The Labute approximate surface area is 134 Å². The second-order valence-corrected chi connectivity index (χ2v) is 5.23. The van der Waals surface area contributed by atoms with Crippen molar-refractivity contribution in [3.05, 3.63) is 59.8 Å². The number of rotatable bonds is 2. The number of para-hydroxylation sites is 1. The van der Waals surface area contributed by atoms with Gasteiger partial charge < -0.3 is 14.6 Å². The predicted octanol–water partition coefficient (Wildman–Crippen LogP) is 3.49. The van der Waals surface area contributed by atoms with E-state index < -0.39 is 12.1 Å². The maximum atomic E-state index is 13.1. The van der Waals surface area contributed by atoms with E-state index in [-0.39, 0.29) is 28.4 Å². The van der Waals surface area contributed by atoms with E-state index in [1.807, 2.05) is 0 Å². The molecule has 0 saturated carbocycles. The van der Waals surface area contributed by atoms with E-state index in [0.29, 0.717) is 10.9 Å². The van der Waals surface area contributed by atoms with E-state index in [4.69, 9.17) is 0 Å². The minimum Gasteiger partial charge on any atom is -0.507 e. The van der Waals surface area contributed by atoms with Crippen LogP contribution in [0.4, 0.5) is 8.78 Å². The molecule has 1 aliphatic heterocycles. The van der Waals surface area contributed by atoms with Gasteiger partial charge in [-0.15, -0.1) is 8.78 Å². The first-order valence-electron chi connectivity index (χ1n) is 6.95. The van der Waals surface area contributed by atoms with E-state index in [1.54, 1.807) is 12.1 Å². The second-order valence-electron chi connectivity index (χ2n) is 5.23. The van der Waals surface area contributed by atoms with Crippen LogP contribution in [0.15, 0.2) is 48.7 Å². The third kappa shape index (κ3) is 2.30. The first kappa shape index (κ1) is 14.4. The molecular formula is C17H9F2NO4. The summed E-state index contributed by atoms with van der Waals surface area (Å²) >= 11 is 0. The van der Waals surface area contributed by atoms with Crippen molar-refractivity contribution in [1.82, 2.24) is 4.98 Å². The average molecular weight is 329 g/mol. The lowest BCUT2D eigenvalue weighted by molar-refractivity contribution is -0.286. The zero-order chi connectivity index (χ0) is 16.9. The van der Waals surface area contributed by atoms with Gasteiger partial charge in [0.05, 0.1) is 11.1 Å². The van der Waals surface area contributed by atoms with Crippen LogP contribution in [0.1, 0.15) is 15.9 Å². The zero-order valence-electron chi connectivity index (χ0n) is 12.0. The Morgan fingerprint density at radius 1 is 1.08 bits per heavy atom. The molecule has 24 heavy (non-hydrogen) atoms. The summed E-state index contributed by atoms with van der Waals surface area (Å²) in [6.07, 6.45) is -2.40. The Kier molecular flexibility index (Phi) is 2.93. The molecular weight excluding hydrogens is 320 g/mol. The van der Waals surface area contributed by atoms with Crippen LogP contribution in [0.2, 0.25) is 0 Å². The van der Waals surface area contributed by atoms with E-state index >= 15 is 0 Å². The molecule has 0 atom stereocenters. The Bertz CT molecular complexity index is 987. The fourth-order valence-corrected chi connectivity index (χ4v) is 2.52. The highest BCUT2D eigenvalue weighted by Crippen LogP contribution is 2.43. The van der Waals surface area contributed by atoms with Crippen LogP contribution >= 0.6 is 0 Å². The first-order valence-corrected chi connectivity index (χ1v) is 6.95. The van der Waals surface area contributed by atoms with Crippen LogP contribution in [0.5, 0.6) is 17.2 Å². The van der Waals surface area contributed by atoms with Crippen molar-refractivity contribution in [3.63, 3.8) is 0 Å². The summed E-state index contributed by atoms with van der Waals surface area (Å²) in [6, 6.07) is 10.3. The summed E-state index contributed by atoms with van der Waals surface area (Å²) in [6.45, 7) is 0. The SMILES string of the molecule is O=C(c1cnc2cc3c(cc2c1)OC(F)(F)O3)c1ccccc1O. The van der Waals surface area contributed by atoms with Crippen LogP contribution in [-0.2, 0) is 0 Å². The molecule has 0 bridgehead atoms. The highest BCUT2D eigenvalue weighted by Gasteiger charge is 2.43. The van der Waals surface area contributed by atoms with Crippen LogP contribution in [0.25, 0.3) is 10.9 Å². The molecule has 120 valence electrons. The number of carbonyl (C=O) groups is 1. The molecule has 0 amide bonds. The quantitative estimate of drug-likeness (QED) is 0.729. The van der Waals surface area contributed by atoms with E-state index in [9.17, 15) is 18.7 Å². The van der Waals surface area contributed by atoms with Crippen molar-refractivity contribution in [2.24, 2.45) is 0 Å². The monoisotopic (exact) mass is 329 g/mol. The van der Waals surface area contributed by atoms with E-state index in [1.165, 1.54) is 36.5 Å². The zero-order valence-corrected chi connectivity index (χ0v) is 12.0. The van der Waals surface area contributed by atoms with Gasteiger partial charge in [0.2, 0.25) is 0 Å². The number of aromatic nitrogens is 1. The van der Waals surface area contributed by atoms with Crippen LogP contribution < -0.4 is 9.47 Å². The molecule has 4 rings (SSSR count). The van der Waals surface area contributed by atoms with Gasteiger partial charge in [-0.05, 0) is 24.3 Å². The number of fused-ring (bicyclic) bond motifs is 2. The number of benzene rings is 2. The molecule has 2 aromatic carbocycles. The topological polar surface area (TPSA) is 68.7 Å². The van der Waals surface area contributed by atoms with Crippen LogP contribution in [0.3, 0.4) is 0 Å². The summed E-state index contributed by atoms with van der Waals surface area (Å²) in [5.74, 6) is -0.806. The Morgan fingerprint density at radius 3 is 2.54 bits per heavy atom. The maximum Gasteiger partial charge on any atom is 0.586 e. The van der Waals surface area contributed by atoms with Crippen molar-refractivity contribution in [1.29, 1.82) is 0 Å². The summed E-state index contributed by atoms with van der Waals surface area (Å²) in [7, 11) is 0. The van der Waals surface area contributed by atoms with Gasteiger partial charge in [-0.2, -0.15) is 0 Å². The van der Waals surface area contributed by atoms with Crippen LogP contribution in [0, 0.1) is 0 Å². The first-order chi connectivity index (χ1) is 11.4. The van der Waals surface area contributed by atoms with E-state index in [0.717, 1.165) is 0 Å². The molecule has 0 unspecified atom stereocenters. The summed E-state index contributed by atoms with van der Waals surface area (Å²) in [5.41, 5.74) is 0.726. The number of phenolic OH excluding ortho intramolecular Hbond substituents is 1. The standard InChI is InChI=1S/C17H9F2NO4/c18-17(19)23-14-6-9-5-10(8-20-12(9)7-15(14)24-17)16(22)11-3-1-2-4-13(11)21/h1-8,21H. The van der Waals surface area contributed by atoms with Gasteiger partial charge >= 0.3 is 6.29 Å². The minimum atomic E-state index is -3.71. The molecule has 3 aromatic rings. The maximum absolute atomic E-state index is 13.1.